The van der Waals surface area contributed by atoms with Gasteiger partial charge in [0.1, 0.15) is 5.56 Å². The molecule has 1 heterocycles. The predicted octanol–water partition coefficient (Wildman–Crippen LogP) is 2.96. The minimum absolute atomic E-state index is 0.128. The van der Waals surface area contributed by atoms with Gasteiger partial charge in [0.05, 0.1) is 22.8 Å². The molecule has 0 aliphatic heterocycles. The maximum Gasteiger partial charge on any atom is 0.417 e. The molecule has 2 amide bonds. The van der Waals surface area contributed by atoms with Crippen molar-refractivity contribution in [3.63, 3.8) is 0 Å². The van der Waals surface area contributed by atoms with Crippen LogP contribution in [0.15, 0.2) is 18.2 Å². The van der Waals surface area contributed by atoms with Gasteiger partial charge < -0.3 is 15.0 Å². The summed E-state index contributed by atoms with van der Waals surface area (Å²) in [6.07, 6.45) is -4.68. The topological polar surface area (TPSA) is 93.5 Å². The zero-order chi connectivity index (χ0) is 23.5. The second kappa shape index (κ2) is 9.38. The van der Waals surface area contributed by atoms with Crippen LogP contribution < -0.4 is 5.32 Å². The zero-order valence-electron chi connectivity index (χ0n) is 17.1. The first-order valence-corrected chi connectivity index (χ1v) is 9.27. The van der Waals surface area contributed by atoms with E-state index in [1.807, 2.05) is 0 Å². The number of carbonyl (C=O) groups excluding carboxylic acids is 3. The molecule has 2 aromatic rings. The molecule has 0 aliphatic carbocycles. The minimum atomic E-state index is -4.68. The van der Waals surface area contributed by atoms with Crippen LogP contribution in [0, 0.1) is 13.8 Å². The Kier molecular flexibility index (Phi) is 7.32. The highest BCUT2D eigenvalue weighted by molar-refractivity contribution is 6.31. The Labute approximate surface area is 180 Å². The fourth-order valence-corrected chi connectivity index (χ4v) is 2.93. The van der Waals surface area contributed by atoms with Crippen molar-refractivity contribution in [3.05, 3.63) is 45.7 Å². The van der Waals surface area contributed by atoms with Crippen LogP contribution in [0.5, 0.6) is 0 Å². The Bertz CT molecular complexity index is 1020. The van der Waals surface area contributed by atoms with Crippen molar-refractivity contribution in [2.24, 2.45) is 7.05 Å². The molecule has 0 atom stereocenters. The van der Waals surface area contributed by atoms with Crippen molar-refractivity contribution in [1.82, 2.24) is 14.7 Å². The van der Waals surface area contributed by atoms with Gasteiger partial charge in [-0.2, -0.15) is 18.3 Å². The summed E-state index contributed by atoms with van der Waals surface area (Å²) in [5.41, 5.74) is 0.0509. The van der Waals surface area contributed by atoms with Gasteiger partial charge in [0.2, 0.25) is 5.91 Å². The number of likely N-dealkylation sites (N-methyl/N-ethyl adjacent to an activating group) is 1. The number of rotatable bonds is 6. The van der Waals surface area contributed by atoms with Gasteiger partial charge in [0.15, 0.2) is 6.61 Å². The summed E-state index contributed by atoms with van der Waals surface area (Å²) in [6, 6.07) is 2.91. The van der Waals surface area contributed by atoms with Crippen LogP contribution in [-0.4, -0.2) is 52.7 Å². The van der Waals surface area contributed by atoms with Crippen molar-refractivity contribution < 1.29 is 32.3 Å². The lowest BCUT2D eigenvalue weighted by Crippen LogP contribution is -2.37. The van der Waals surface area contributed by atoms with Crippen LogP contribution in [0.4, 0.5) is 18.9 Å². The van der Waals surface area contributed by atoms with Crippen molar-refractivity contribution in [3.8, 4) is 0 Å². The maximum absolute atomic E-state index is 12.9. The molecule has 0 bridgehead atoms. The summed E-state index contributed by atoms with van der Waals surface area (Å²) in [5, 5.41) is 5.85. The molecule has 31 heavy (non-hydrogen) atoms. The number of aromatic nitrogens is 2. The molecule has 12 heteroatoms. The molecular formula is C19H20ClF3N4O4. The molecule has 0 saturated heterocycles. The third-order valence-electron chi connectivity index (χ3n) is 4.40. The Hall–Kier alpha value is -3.08. The SMILES string of the molecule is Cc1nn(C)c(C)c1C(=O)OCC(=O)N(C)CC(=O)Nc1ccc(Cl)c(C(F)(F)F)c1. The summed E-state index contributed by atoms with van der Waals surface area (Å²) in [4.78, 5) is 37.4. The molecule has 1 N–H and O–H groups in total. The van der Waals surface area contributed by atoms with E-state index < -0.39 is 47.7 Å². The molecule has 0 saturated carbocycles. The summed E-state index contributed by atoms with van der Waals surface area (Å²) in [6.45, 7) is 2.22. The van der Waals surface area contributed by atoms with Gasteiger partial charge in [-0.05, 0) is 32.0 Å². The third kappa shape index (κ3) is 5.97. The molecule has 8 nitrogen and oxygen atoms in total. The average Bonchev–Trinajstić information content (AvgIpc) is 2.91. The first-order valence-electron chi connectivity index (χ1n) is 8.89. The standard InChI is InChI=1S/C19H20ClF3N4O4/c1-10-17(11(2)27(4)25-10)18(30)31-9-16(29)26(3)8-15(28)24-12-5-6-14(20)13(7-12)19(21,22)23/h5-7H,8-9H2,1-4H3,(H,24,28). The van der Waals surface area contributed by atoms with Gasteiger partial charge in [-0.25, -0.2) is 4.79 Å². The summed E-state index contributed by atoms with van der Waals surface area (Å²) in [7, 11) is 2.95. The van der Waals surface area contributed by atoms with Gasteiger partial charge in [-0.3, -0.25) is 14.3 Å². The van der Waals surface area contributed by atoms with Crippen LogP contribution in [0.2, 0.25) is 5.02 Å². The number of carbonyl (C=O) groups is 3. The highest BCUT2D eigenvalue weighted by Gasteiger charge is 2.33. The first kappa shape index (κ1) is 24.2. The van der Waals surface area contributed by atoms with E-state index in [9.17, 15) is 27.6 Å². The van der Waals surface area contributed by atoms with E-state index in [2.05, 4.69) is 10.4 Å². The number of hydrogen-bond donors (Lipinski definition) is 1. The van der Waals surface area contributed by atoms with Crippen LogP contribution >= 0.6 is 11.6 Å². The second-order valence-electron chi connectivity index (χ2n) is 6.74. The molecule has 0 unspecified atom stereocenters. The molecule has 0 aliphatic rings. The lowest BCUT2D eigenvalue weighted by molar-refractivity contribution is -0.137. The van der Waals surface area contributed by atoms with Gasteiger partial charge in [0.25, 0.3) is 5.91 Å². The Morgan fingerprint density at radius 1 is 1.26 bits per heavy atom. The van der Waals surface area contributed by atoms with Gasteiger partial charge in [-0.15, -0.1) is 0 Å². The lowest BCUT2D eigenvalue weighted by atomic mass is 10.2. The van der Waals surface area contributed by atoms with Gasteiger partial charge >= 0.3 is 12.1 Å². The molecule has 168 valence electrons. The zero-order valence-corrected chi connectivity index (χ0v) is 17.9. The van der Waals surface area contributed by atoms with E-state index in [1.54, 1.807) is 20.9 Å². The largest absolute Gasteiger partial charge is 0.452 e. The van der Waals surface area contributed by atoms with Crippen LogP contribution in [0.3, 0.4) is 0 Å². The number of benzene rings is 1. The van der Waals surface area contributed by atoms with E-state index in [0.717, 1.165) is 11.0 Å². The van der Waals surface area contributed by atoms with E-state index in [0.29, 0.717) is 17.5 Å². The predicted molar refractivity (Wildman–Crippen MR) is 106 cm³/mol. The van der Waals surface area contributed by atoms with E-state index in [-0.39, 0.29) is 11.3 Å². The number of anilines is 1. The highest BCUT2D eigenvalue weighted by atomic mass is 35.5. The van der Waals surface area contributed by atoms with Crippen LogP contribution in [0.1, 0.15) is 27.3 Å². The summed E-state index contributed by atoms with van der Waals surface area (Å²) in [5.74, 6) is -2.14. The fourth-order valence-electron chi connectivity index (χ4n) is 2.70. The molecule has 2 rings (SSSR count). The normalized spacial score (nSPS) is 11.2. The van der Waals surface area contributed by atoms with Crippen molar-refractivity contribution in [2.45, 2.75) is 20.0 Å². The van der Waals surface area contributed by atoms with E-state index in [1.165, 1.54) is 17.8 Å². The van der Waals surface area contributed by atoms with Crippen LogP contribution in [-0.2, 0) is 27.5 Å². The maximum atomic E-state index is 12.9. The second-order valence-corrected chi connectivity index (χ2v) is 7.14. The molecule has 0 spiro atoms. The number of nitrogens with one attached hydrogen (secondary N) is 1. The summed E-state index contributed by atoms with van der Waals surface area (Å²) >= 11 is 5.54. The lowest BCUT2D eigenvalue weighted by Gasteiger charge is -2.17. The molecular weight excluding hydrogens is 441 g/mol. The Morgan fingerprint density at radius 2 is 1.90 bits per heavy atom. The molecule has 1 aromatic carbocycles. The Balaban J connectivity index is 1.92. The number of esters is 1. The number of hydrogen-bond acceptors (Lipinski definition) is 5. The van der Waals surface area contributed by atoms with E-state index >= 15 is 0 Å². The number of alkyl halides is 3. The number of amides is 2. The molecule has 1 aromatic heterocycles. The van der Waals surface area contributed by atoms with E-state index in [4.69, 9.17) is 16.3 Å². The minimum Gasteiger partial charge on any atom is -0.452 e. The van der Waals surface area contributed by atoms with Crippen molar-refractivity contribution in [2.75, 3.05) is 25.5 Å². The molecule has 0 radical (unpaired) electrons. The third-order valence-corrected chi connectivity index (χ3v) is 4.73. The number of nitrogens with zero attached hydrogens (tertiary/aromatic N) is 3. The number of ether oxygens (including phenoxy) is 1. The van der Waals surface area contributed by atoms with Gasteiger partial charge in [-0.1, -0.05) is 11.6 Å². The van der Waals surface area contributed by atoms with Gasteiger partial charge in [0, 0.05) is 25.5 Å². The first-order chi connectivity index (χ1) is 14.3. The summed E-state index contributed by atoms with van der Waals surface area (Å²) < 4.78 is 45.2. The average molecular weight is 461 g/mol. The number of aryl methyl sites for hydroxylation is 2. The fraction of sp³-hybridized carbons (Fsp3) is 0.368. The van der Waals surface area contributed by atoms with Crippen molar-refractivity contribution >= 4 is 35.1 Å². The number of halogens is 4. The smallest absolute Gasteiger partial charge is 0.417 e. The monoisotopic (exact) mass is 460 g/mol. The Morgan fingerprint density at radius 3 is 2.45 bits per heavy atom. The quantitative estimate of drug-likeness (QED) is 0.669. The van der Waals surface area contributed by atoms with Crippen molar-refractivity contribution in [1.29, 1.82) is 0 Å². The van der Waals surface area contributed by atoms with Crippen LogP contribution in [0.25, 0.3) is 0 Å². The molecule has 0 fully saturated rings. The highest BCUT2D eigenvalue weighted by Crippen LogP contribution is 2.36.